The molecule has 1 fully saturated rings. The molecule has 314 valence electrons. The van der Waals surface area contributed by atoms with Crippen molar-refractivity contribution in [3.63, 3.8) is 0 Å². The van der Waals surface area contributed by atoms with Crippen LogP contribution in [0.5, 0.6) is 0 Å². The maximum Gasteiger partial charge on any atom is 0.228 e. The van der Waals surface area contributed by atoms with Gasteiger partial charge in [0.2, 0.25) is 11.6 Å². The van der Waals surface area contributed by atoms with Gasteiger partial charge < -0.3 is 23.7 Å². The summed E-state index contributed by atoms with van der Waals surface area (Å²) in [5, 5.41) is 11.5. The van der Waals surface area contributed by atoms with E-state index in [1.165, 1.54) is 0 Å². The quantitative estimate of drug-likeness (QED) is 0.0964. The van der Waals surface area contributed by atoms with E-state index in [1.807, 2.05) is 102 Å². The highest BCUT2D eigenvalue weighted by Gasteiger charge is 2.23. The van der Waals surface area contributed by atoms with Crippen LogP contribution in [0.1, 0.15) is 98.6 Å². The Morgan fingerprint density at radius 3 is 1.67 bits per heavy atom. The summed E-state index contributed by atoms with van der Waals surface area (Å²) in [6.45, 7) is 6.24. The summed E-state index contributed by atoms with van der Waals surface area (Å²) in [7, 11) is 0. The Morgan fingerprint density at radius 2 is 1.22 bits per heavy atom. The fourth-order valence-corrected chi connectivity index (χ4v) is 7.91. The van der Waals surface area contributed by atoms with E-state index in [0.717, 1.165) is 54.5 Å². The van der Waals surface area contributed by atoms with Crippen molar-refractivity contribution in [3.8, 4) is 0 Å². The molecule has 3 atom stereocenters. The van der Waals surface area contributed by atoms with Gasteiger partial charge in [-0.2, -0.15) is 0 Å². The van der Waals surface area contributed by atoms with E-state index in [1.54, 1.807) is 30.7 Å². The first kappa shape index (κ1) is 45.2. The van der Waals surface area contributed by atoms with E-state index in [0.29, 0.717) is 69.0 Å². The summed E-state index contributed by atoms with van der Waals surface area (Å²) in [6, 6.07) is 26.2. The first-order valence-corrected chi connectivity index (χ1v) is 21.5. The number of aliphatic hydroxyl groups is 1. The second-order valence-corrected chi connectivity index (χ2v) is 16.4. The van der Waals surface area contributed by atoms with Gasteiger partial charge in [-0.3, -0.25) is 9.59 Å². The number of hydrogen-bond acceptors (Lipinski definition) is 7. The number of aromatic nitrogens is 4. The molecule has 1 aliphatic rings. The number of aryl methyl sites for hydroxylation is 2. The Labute approximate surface area is 371 Å². The molecule has 0 amide bonds. The third kappa shape index (κ3) is 11.7. The average Bonchev–Trinajstić information content (AvgIpc) is 3.93. The molecule has 7 rings (SSSR count). The first-order valence-electron chi connectivity index (χ1n) is 20.0. The highest BCUT2D eigenvalue weighted by Crippen LogP contribution is 2.32. The van der Waals surface area contributed by atoms with Crippen molar-refractivity contribution in [1.29, 1.82) is 0 Å². The highest BCUT2D eigenvalue weighted by atomic mass is 35.5. The number of nitrogens with zero attached hydrogens (tertiary/aromatic N) is 4. The zero-order valence-corrected chi connectivity index (χ0v) is 36.6. The number of carbonyl (C=O) groups is 2. The van der Waals surface area contributed by atoms with Gasteiger partial charge in [-0.1, -0.05) is 107 Å². The Bertz CT molecular complexity index is 2370. The molecule has 1 aliphatic heterocycles. The Hall–Kier alpha value is -4.32. The third-order valence-corrected chi connectivity index (χ3v) is 12.1. The molecule has 9 nitrogen and oxygen atoms in total. The minimum absolute atomic E-state index is 0.0256. The predicted molar refractivity (Wildman–Crippen MR) is 238 cm³/mol. The molecule has 1 N–H and O–H groups in total. The number of aliphatic hydroxyl groups excluding tert-OH is 1. The third-order valence-electron chi connectivity index (χ3n) is 10.7. The lowest BCUT2D eigenvalue weighted by atomic mass is 9.95. The maximum atomic E-state index is 13.2. The molecule has 0 spiro atoms. The van der Waals surface area contributed by atoms with Gasteiger partial charge in [0.1, 0.15) is 0 Å². The smallest absolute Gasteiger partial charge is 0.228 e. The molecule has 2 aromatic heterocycles. The van der Waals surface area contributed by atoms with E-state index in [2.05, 4.69) is 9.97 Å². The monoisotopic (exact) mass is 888 g/mol. The van der Waals surface area contributed by atoms with Crippen LogP contribution < -0.4 is 0 Å². The summed E-state index contributed by atoms with van der Waals surface area (Å²) in [5.41, 5.74) is 5.14. The normalized spacial score (nSPS) is 14.9. The number of rotatable bonds is 16. The fourth-order valence-electron chi connectivity index (χ4n) is 7.30. The summed E-state index contributed by atoms with van der Waals surface area (Å²) in [5.74, 6) is 0.634. The summed E-state index contributed by atoms with van der Waals surface area (Å²) < 4.78 is 15.4. The second kappa shape index (κ2) is 22.0. The number of carbonyl (C=O) groups excluding carboxylic acids is 2. The van der Waals surface area contributed by atoms with Crippen LogP contribution in [-0.4, -0.2) is 61.9 Å². The average molecular weight is 891 g/mol. The number of hydrogen-bond donors (Lipinski definition) is 1. The zero-order valence-electron chi connectivity index (χ0n) is 33.6. The molecule has 3 heterocycles. The van der Waals surface area contributed by atoms with Crippen LogP contribution in [0.3, 0.4) is 0 Å². The van der Waals surface area contributed by atoms with Gasteiger partial charge in [-0.25, -0.2) is 9.97 Å². The fraction of sp³-hybridized carbons (Fsp3) is 0.319. The topological polar surface area (TPSA) is 108 Å². The number of halogens is 4. The van der Waals surface area contributed by atoms with Gasteiger partial charge in [-0.05, 0) is 92.5 Å². The summed E-state index contributed by atoms with van der Waals surface area (Å²) in [4.78, 5) is 34.8. The number of ketones is 2. The van der Waals surface area contributed by atoms with Crippen molar-refractivity contribution in [2.75, 3.05) is 19.8 Å². The van der Waals surface area contributed by atoms with Crippen LogP contribution in [0, 0.1) is 13.8 Å². The second-order valence-electron chi connectivity index (χ2n) is 14.8. The maximum absolute atomic E-state index is 13.2. The van der Waals surface area contributed by atoms with Crippen LogP contribution in [0.25, 0.3) is 0 Å². The largest absolute Gasteiger partial charge is 0.396 e. The van der Waals surface area contributed by atoms with E-state index in [-0.39, 0.29) is 36.3 Å². The molecule has 0 saturated carbocycles. The van der Waals surface area contributed by atoms with Crippen molar-refractivity contribution in [1.82, 2.24) is 19.1 Å². The summed E-state index contributed by atoms with van der Waals surface area (Å²) >= 11 is 24.6. The minimum atomic E-state index is -0.139. The van der Waals surface area contributed by atoms with E-state index in [9.17, 15) is 14.7 Å². The van der Waals surface area contributed by atoms with Gasteiger partial charge in [0.25, 0.3) is 0 Å². The minimum Gasteiger partial charge on any atom is -0.396 e. The van der Waals surface area contributed by atoms with Gasteiger partial charge in [0.05, 0.1) is 26.7 Å². The van der Waals surface area contributed by atoms with Crippen LogP contribution in [-0.2, 0) is 22.6 Å². The molecule has 3 unspecified atom stereocenters. The van der Waals surface area contributed by atoms with Crippen LogP contribution in [0.4, 0.5) is 0 Å². The molecule has 0 radical (unpaired) electrons. The van der Waals surface area contributed by atoms with E-state index >= 15 is 0 Å². The lowest BCUT2D eigenvalue weighted by Crippen LogP contribution is -2.24. The SMILES string of the molecule is Cc1ccccc1C(=O)c1nccn1CC(CCO)c1ccc(Cl)c(Cl)c1.Cc1ccccc1C(=O)c1nccn1CC(CCOC1CCCCO1)c1ccc(Cl)c(Cl)c1. The standard InChI is InChI=1S/C26H28Cl2N2O3.C21H20Cl2N2O2/c1-18-6-2-3-7-21(18)25(31)26-29-12-13-30(26)17-20(19-9-10-22(27)23(28)16-19)11-15-33-24-8-4-5-14-32-24;1-14-4-2-3-5-17(14)20(27)21-24-9-10-25(21)13-16(8-11-26)15-6-7-18(22)19(23)12-15/h2-3,6-7,9-10,12-13,16,20,24H,4-5,8,11,14-15,17H2,1H3;2-7,9-10,12,16,26H,8,11,13H2,1H3. The molecule has 1 saturated heterocycles. The van der Waals surface area contributed by atoms with Gasteiger partial charge >= 0.3 is 0 Å². The van der Waals surface area contributed by atoms with Crippen LogP contribution >= 0.6 is 46.4 Å². The zero-order chi connectivity index (χ0) is 42.6. The summed E-state index contributed by atoms with van der Waals surface area (Å²) in [6.07, 6.45) is 11.2. The molecule has 0 aliphatic carbocycles. The first-order chi connectivity index (χ1) is 29.0. The van der Waals surface area contributed by atoms with Crippen molar-refractivity contribution in [2.24, 2.45) is 0 Å². The molecular weight excluding hydrogens is 842 g/mol. The van der Waals surface area contributed by atoms with Crippen LogP contribution in [0.15, 0.2) is 110 Å². The molecule has 60 heavy (non-hydrogen) atoms. The number of imidazole rings is 2. The number of ether oxygens (including phenoxy) is 2. The Morgan fingerprint density at radius 1 is 0.717 bits per heavy atom. The van der Waals surface area contributed by atoms with Crippen molar-refractivity contribution in [2.45, 2.75) is 77.2 Å². The Kier molecular flexibility index (Phi) is 16.6. The van der Waals surface area contributed by atoms with E-state index in [4.69, 9.17) is 55.9 Å². The van der Waals surface area contributed by atoms with Crippen molar-refractivity contribution in [3.05, 3.63) is 175 Å². The Balaban J connectivity index is 0.000000205. The number of benzene rings is 4. The molecule has 0 bridgehead atoms. The van der Waals surface area contributed by atoms with Gasteiger partial charge in [0.15, 0.2) is 17.9 Å². The van der Waals surface area contributed by atoms with Crippen molar-refractivity contribution < 1.29 is 24.2 Å². The van der Waals surface area contributed by atoms with Crippen LogP contribution in [0.2, 0.25) is 20.1 Å². The molecule has 13 heteroatoms. The van der Waals surface area contributed by atoms with Gasteiger partial charge in [-0.15, -0.1) is 0 Å². The highest BCUT2D eigenvalue weighted by molar-refractivity contribution is 6.42. The molecule has 4 aromatic carbocycles. The lowest BCUT2D eigenvalue weighted by Gasteiger charge is -2.25. The molecule has 6 aromatic rings. The van der Waals surface area contributed by atoms with Crippen molar-refractivity contribution >= 4 is 58.0 Å². The van der Waals surface area contributed by atoms with E-state index < -0.39 is 0 Å². The molecular formula is C47H48Cl4N4O5. The lowest BCUT2D eigenvalue weighted by molar-refractivity contribution is -0.163. The predicted octanol–water partition coefficient (Wildman–Crippen LogP) is 11.3. The van der Waals surface area contributed by atoms with Gasteiger partial charge in [0, 0.05) is 74.1 Å².